The molecule has 0 amide bonds. The van der Waals surface area contributed by atoms with Gasteiger partial charge in [0.05, 0.1) is 6.10 Å². The molecule has 0 unspecified atom stereocenters. The summed E-state index contributed by atoms with van der Waals surface area (Å²) in [6.07, 6.45) is 3.58. The third-order valence-electron chi connectivity index (χ3n) is 4.44. The van der Waals surface area contributed by atoms with Crippen molar-refractivity contribution in [2.24, 2.45) is 0 Å². The topological polar surface area (TPSA) is 35.2 Å². The van der Waals surface area contributed by atoms with E-state index in [0.29, 0.717) is 0 Å². The summed E-state index contributed by atoms with van der Waals surface area (Å²) in [6, 6.07) is 16.8. The van der Waals surface area contributed by atoms with Crippen molar-refractivity contribution >= 4 is 5.69 Å². The summed E-state index contributed by atoms with van der Waals surface area (Å²) in [4.78, 5) is 0. The maximum Gasteiger partial charge on any atom is 0.119 e. The van der Waals surface area contributed by atoms with Crippen LogP contribution in [0.3, 0.4) is 0 Å². The Labute approximate surface area is 113 Å². The van der Waals surface area contributed by atoms with Gasteiger partial charge in [0.1, 0.15) is 5.60 Å². The van der Waals surface area contributed by atoms with Crippen LogP contribution in [-0.4, -0.2) is 0 Å². The maximum absolute atomic E-state index is 6.44. The zero-order valence-electron chi connectivity index (χ0n) is 10.8. The molecule has 2 heterocycles. The smallest absolute Gasteiger partial charge is 0.119 e. The SMILES string of the molecule is Nc1ccc2c(c1)[C@H]1CCC[C@]2(c2ccccc2)O1. The van der Waals surface area contributed by atoms with Gasteiger partial charge in [-0.3, -0.25) is 0 Å². The van der Waals surface area contributed by atoms with Gasteiger partial charge in [0, 0.05) is 5.69 Å². The molecule has 2 bridgehead atoms. The Kier molecular flexibility index (Phi) is 2.24. The van der Waals surface area contributed by atoms with Gasteiger partial charge in [0.2, 0.25) is 0 Å². The van der Waals surface area contributed by atoms with E-state index in [0.717, 1.165) is 18.5 Å². The van der Waals surface area contributed by atoms with E-state index in [-0.39, 0.29) is 11.7 Å². The van der Waals surface area contributed by atoms with Crippen LogP contribution in [0.5, 0.6) is 0 Å². The quantitative estimate of drug-likeness (QED) is 0.783. The average molecular weight is 251 g/mol. The summed E-state index contributed by atoms with van der Waals surface area (Å²) >= 11 is 0. The van der Waals surface area contributed by atoms with E-state index in [9.17, 15) is 0 Å². The van der Waals surface area contributed by atoms with Crippen LogP contribution in [0.1, 0.15) is 42.1 Å². The predicted octanol–water partition coefficient (Wildman–Crippen LogP) is 3.77. The zero-order valence-corrected chi connectivity index (χ0v) is 10.8. The zero-order chi connectivity index (χ0) is 12.9. The highest BCUT2D eigenvalue weighted by atomic mass is 16.5. The Morgan fingerprint density at radius 1 is 1.11 bits per heavy atom. The van der Waals surface area contributed by atoms with Gasteiger partial charge in [-0.15, -0.1) is 0 Å². The van der Waals surface area contributed by atoms with Gasteiger partial charge in [0.25, 0.3) is 0 Å². The first-order chi connectivity index (χ1) is 9.29. The molecule has 0 spiro atoms. The molecule has 2 aliphatic heterocycles. The minimum atomic E-state index is -0.243. The number of benzene rings is 2. The van der Waals surface area contributed by atoms with E-state index in [2.05, 4.69) is 42.5 Å². The first kappa shape index (κ1) is 11.1. The van der Waals surface area contributed by atoms with Gasteiger partial charge in [-0.25, -0.2) is 0 Å². The Morgan fingerprint density at radius 3 is 2.79 bits per heavy atom. The Hall–Kier alpha value is -1.80. The van der Waals surface area contributed by atoms with E-state index in [1.165, 1.54) is 23.1 Å². The predicted molar refractivity (Wildman–Crippen MR) is 75.8 cm³/mol. The second-order valence-corrected chi connectivity index (χ2v) is 5.54. The van der Waals surface area contributed by atoms with Gasteiger partial charge >= 0.3 is 0 Å². The highest BCUT2D eigenvalue weighted by Gasteiger charge is 2.48. The van der Waals surface area contributed by atoms with Gasteiger partial charge in [-0.2, -0.15) is 0 Å². The summed E-state index contributed by atoms with van der Waals surface area (Å²) in [6.45, 7) is 0. The Balaban J connectivity index is 1.95. The fourth-order valence-electron chi connectivity index (χ4n) is 3.60. The Bertz CT molecular complexity index is 622. The summed E-state index contributed by atoms with van der Waals surface area (Å²) in [5, 5.41) is 0. The third kappa shape index (κ3) is 1.47. The summed E-state index contributed by atoms with van der Waals surface area (Å²) in [5.41, 5.74) is 10.4. The van der Waals surface area contributed by atoms with Crippen LogP contribution in [-0.2, 0) is 10.3 Å². The first-order valence-corrected chi connectivity index (χ1v) is 6.93. The molecule has 2 N–H and O–H groups in total. The van der Waals surface area contributed by atoms with E-state index in [1.54, 1.807) is 0 Å². The number of ether oxygens (including phenoxy) is 1. The second-order valence-electron chi connectivity index (χ2n) is 5.54. The molecular weight excluding hydrogens is 234 g/mol. The number of anilines is 1. The number of fused-ring (bicyclic) bond motifs is 5. The van der Waals surface area contributed by atoms with Crippen molar-refractivity contribution in [1.82, 2.24) is 0 Å². The molecule has 2 aliphatic rings. The van der Waals surface area contributed by atoms with E-state index in [1.807, 2.05) is 6.07 Å². The van der Waals surface area contributed by atoms with Crippen LogP contribution in [0.2, 0.25) is 0 Å². The molecule has 0 saturated carbocycles. The normalized spacial score (nSPS) is 28.1. The highest BCUT2D eigenvalue weighted by molar-refractivity contribution is 5.53. The molecule has 96 valence electrons. The summed E-state index contributed by atoms with van der Waals surface area (Å²) < 4.78 is 6.44. The summed E-state index contributed by atoms with van der Waals surface area (Å²) in [5.74, 6) is 0. The standard InChI is InChI=1S/C17H17NO/c18-13-8-9-15-14(11-13)16-7-4-10-17(15,19-16)12-5-2-1-3-6-12/h1-3,5-6,8-9,11,16H,4,7,10,18H2/t16-,17-/m1/s1. The molecule has 0 aromatic heterocycles. The highest BCUT2D eigenvalue weighted by Crippen LogP contribution is 2.55. The monoisotopic (exact) mass is 251 g/mol. The molecule has 2 heteroatoms. The first-order valence-electron chi connectivity index (χ1n) is 6.93. The number of rotatable bonds is 1. The third-order valence-corrected chi connectivity index (χ3v) is 4.44. The van der Waals surface area contributed by atoms with Gasteiger partial charge in [0.15, 0.2) is 0 Å². The van der Waals surface area contributed by atoms with Gasteiger partial charge in [-0.1, -0.05) is 36.4 Å². The average Bonchev–Trinajstić information content (AvgIpc) is 2.69. The van der Waals surface area contributed by atoms with Crippen molar-refractivity contribution in [2.75, 3.05) is 5.73 Å². The lowest BCUT2D eigenvalue weighted by Crippen LogP contribution is -2.30. The van der Waals surface area contributed by atoms with E-state index < -0.39 is 0 Å². The fourth-order valence-corrected chi connectivity index (χ4v) is 3.60. The fraction of sp³-hybridized carbons (Fsp3) is 0.294. The molecule has 2 atom stereocenters. The van der Waals surface area contributed by atoms with Crippen LogP contribution in [0.25, 0.3) is 0 Å². The van der Waals surface area contributed by atoms with Crippen molar-refractivity contribution in [1.29, 1.82) is 0 Å². The molecule has 4 rings (SSSR count). The minimum absolute atomic E-state index is 0.215. The number of hydrogen-bond donors (Lipinski definition) is 1. The number of hydrogen-bond acceptors (Lipinski definition) is 2. The van der Waals surface area contributed by atoms with Gasteiger partial charge < -0.3 is 10.5 Å². The Morgan fingerprint density at radius 2 is 1.95 bits per heavy atom. The molecule has 0 aliphatic carbocycles. The lowest BCUT2D eigenvalue weighted by atomic mass is 9.83. The molecule has 1 saturated heterocycles. The van der Waals surface area contributed by atoms with Crippen LogP contribution in [0.15, 0.2) is 48.5 Å². The van der Waals surface area contributed by atoms with Gasteiger partial charge in [-0.05, 0) is 48.1 Å². The molecule has 1 fully saturated rings. The number of nitrogen functional groups attached to an aromatic ring is 1. The molecule has 2 aromatic rings. The van der Waals surface area contributed by atoms with Crippen molar-refractivity contribution in [3.8, 4) is 0 Å². The molecule has 0 radical (unpaired) electrons. The lowest BCUT2D eigenvalue weighted by molar-refractivity contribution is -0.0859. The van der Waals surface area contributed by atoms with Crippen molar-refractivity contribution in [2.45, 2.75) is 31.0 Å². The van der Waals surface area contributed by atoms with Crippen molar-refractivity contribution < 1.29 is 4.74 Å². The molecular formula is C17H17NO. The molecule has 2 nitrogen and oxygen atoms in total. The van der Waals surface area contributed by atoms with E-state index >= 15 is 0 Å². The second kappa shape index (κ2) is 3.84. The molecule has 19 heavy (non-hydrogen) atoms. The van der Waals surface area contributed by atoms with Crippen LogP contribution >= 0.6 is 0 Å². The van der Waals surface area contributed by atoms with Crippen LogP contribution in [0.4, 0.5) is 5.69 Å². The maximum atomic E-state index is 6.44. The van der Waals surface area contributed by atoms with Crippen LogP contribution < -0.4 is 5.73 Å². The molecule has 2 aromatic carbocycles. The van der Waals surface area contributed by atoms with Crippen molar-refractivity contribution in [3.63, 3.8) is 0 Å². The summed E-state index contributed by atoms with van der Waals surface area (Å²) in [7, 11) is 0. The van der Waals surface area contributed by atoms with Crippen LogP contribution in [0, 0.1) is 0 Å². The van der Waals surface area contributed by atoms with E-state index in [4.69, 9.17) is 10.5 Å². The minimum Gasteiger partial charge on any atom is -0.399 e. The van der Waals surface area contributed by atoms with Crippen molar-refractivity contribution in [3.05, 3.63) is 65.2 Å². The number of nitrogens with two attached hydrogens (primary N) is 1. The largest absolute Gasteiger partial charge is 0.399 e. The lowest BCUT2D eigenvalue weighted by Gasteiger charge is -2.34.